The van der Waals surface area contributed by atoms with E-state index in [2.05, 4.69) is 0 Å². The van der Waals surface area contributed by atoms with Crippen LogP contribution in [-0.2, 0) is 28.9 Å². The number of imide groups is 1. The first-order chi connectivity index (χ1) is 18.7. The fourth-order valence-corrected chi connectivity index (χ4v) is 7.57. The maximum Gasteiger partial charge on any atom is 0.308 e. The number of alkyl halides is 2. The van der Waals surface area contributed by atoms with E-state index in [1.165, 1.54) is 0 Å². The van der Waals surface area contributed by atoms with E-state index < -0.39 is 45.5 Å². The summed E-state index contributed by atoms with van der Waals surface area (Å²) in [7, 11) is 0. The summed E-state index contributed by atoms with van der Waals surface area (Å²) >= 11 is 14.8. The summed E-state index contributed by atoms with van der Waals surface area (Å²) < 4.78 is 5.47. The van der Waals surface area contributed by atoms with Crippen molar-refractivity contribution in [3.63, 3.8) is 0 Å². The van der Waals surface area contributed by atoms with Gasteiger partial charge in [0.25, 0.3) is 0 Å². The minimum Gasteiger partial charge on any atom is -0.454 e. The molecular formula is C31H25Cl2NO5. The van der Waals surface area contributed by atoms with Crippen LogP contribution in [0.2, 0.25) is 0 Å². The molecule has 6 nitrogen and oxygen atoms in total. The number of hydrogen-bond donors (Lipinski definition) is 0. The van der Waals surface area contributed by atoms with Gasteiger partial charge in [-0.1, -0.05) is 85.8 Å². The summed E-state index contributed by atoms with van der Waals surface area (Å²) in [5.41, 5.74) is 3.31. The van der Waals surface area contributed by atoms with E-state index >= 15 is 0 Å². The molecule has 2 amide bonds. The molecule has 3 aliphatic carbocycles. The van der Waals surface area contributed by atoms with Gasteiger partial charge in [-0.3, -0.25) is 24.1 Å². The van der Waals surface area contributed by atoms with Gasteiger partial charge in [0.05, 0.1) is 18.3 Å². The lowest BCUT2D eigenvalue weighted by atomic mass is 9.54. The number of benzene rings is 3. The van der Waals surface area contributed by atoms with Crippen LogP contribution in [0.15, 0.2) is 78.9 Å². The number of halogens is 2. The van der Waals surface area contributed by atoms with E-state index in [0.717, 1.165) is 4.90 Å². The number of carbonyl (C=O) groups excluding carboxylic acids is 4. The van der Waals surface area contributed by atoms with Gasteiger partial charge in [-0.15, -0.1) is 23.2 Å². The Kier molecular flexibility index (Phi) is 6.16. The number of hydrogen-bond acceptors (Lipinski definition) is 5. The molecule has 1 aliphatic heterocycles. The van der Waals surface area contributed by atoms with Crippen molar-refractivity contribution in [2.24, 2.45) is 11.8 Å². The highest BCUT2D eigenvalue weighted by atomic mass is 35.5. The van der Waals surface area contributed by atoms with E-state index in [4.69, 9.17) is 27.9 Å². The van der Waals surface area contributed by atoms with Crippen molar-refractivity contribution in [2.75, 3.05) is 6.54 Å². The molecule has 2 bridgehead atoms. The van der Waals surface area contributed by atoms with Crippen molar-refractivity contribution < 1.29 is 23.9 Å². The highest BCUT2D eigenvalue weighted by Gasteiger charge is 2.72. The fourth-order valence-electron chi connectivity index (χ4n) is 6.48. The quantitative estimate of drug-likeness (QED) is 0.172. The Morgan fingerprint density at radius 1 is 0.795 bits per heavy atom. The molecule has 3 atom stereocenters. The number of amides is 2. The van der Waals surface area contributed by atoms with Crippen LogP contribution in [0.1, 0.15) is 52.4 Å². The van der Waals surface area contributed by atoms with Crippen LogP contribution in [-0.4, -0.2) is 41.1 Å². The number of rotatable bonds is 7. The van der Waals surface area contributed by atoms with Crippen LogP contribution in [0, 0.1) is 11.8 Å². The Bertz CT molecular complexity index is 1400. The maximum atomic E-state index is 13.8. The first kappa shape index (κ1) is 25.8. The van der Waals surface area contributed by atoms with Gasteiger partial charge in [-0.2, -0.15) is 0 Å². The third-order valence-electron chi connectivity index (χ3n) is 8.21. The number of likely N-dealkylation sites (tertiary alicyclic amines) is 1. The molecule has 0 spiro atoms. The molecule has 3 aromatic carbocycles. The summed E-state index contributed by atoms with van der Waals surface area (Å²) in [6.45, 7) is 1.56. The Hall–Kier alpha value is -3.48. The average molecular weight is 562 g/mol. The number of ketones is 1. The molecule has 198 valence electrons. The highest BCUT2D eigenvalue weighted by Crippen LogP contribution is 2.69. The van der Waals surface area contributed by atoms with Gasteiger partial charge in [0.15, 0.2) is 6.10 Å². The summed E-state index contributed by atoms with van der Waals surface area (Å²) in [5.74, 6) is -3.74. The molecule has 1 fully saturated rings. The van der Waals surface area contributed by atoms with Gasteiger partial charge >= 0.3 is 5.97 Å². The van der Waals surface area contributed by atoms with E-state index in [-0.39, 0.29) is 18.7 Å². The molecule has 0 saturated carbocycles. The van der Waals surface area contributed by atoms with Gasteiger partial charge in [0.1, 0.15) is 9.75 Å². The number of Topliss-reactive ketones (excluding diaryl/α,β-unsaturated/α-hetero) is 1. The molecule has 7 rings (SSSR count). The normalized spacial score (nSPS) is 27.0. The minimum absolute atomic E-state index is 0.188. The van der Waals surface area contributed by atoms with Crippen molar-refractivity contribution in [1.29, 1.82) is 0 Å². The molecule has 4 aliphatic rings. The van der Waals surface area contributed by atoms with Crippen LogP contribution in [0.4, 0.5) is 0 Å². The predicted molar refractivity (Wildman–Crippen MR) is 145 cm³/mol. The average Bonchev–Trinajstić information content (AvgIpc) is 3.23. The van der Waals surface area contributed by atoms with Crippen molar-refractivity contribution in [3.8, 4) is 0 Å². The predicted octanol–water partition coefficient (Wildman–Crippen LogP) is 5.17. The topological polar surface area (TPSA) is 80.8 Å². The first-order valence-corrected chi connectivity index (χ1v) is 13.7. The maximum absolute atomic E-state index is 13.8. The van der Waals surface area contributed by atoms with Crippen molar-refractivity contribution in [1.82, 2.24) is 4.90 Å². The molecule has 1 heterocycles. The Morgan fingerprint density at radius 3 is 1.67 bits per heavy atom. The van der Waals surface area contributed by atoms with Crippen molar-refractivity contribution >= 4 is 46.8 Å². The minimum atomic E-state index is -1.27. The van der Waals surface area contributed by atoms with Crippen molar-refractivity contribution in [2.45, 2.75) is 35.6 Å². The summed E-state index contributed by atoms with van der Waals surface area (Å²) in [6, 6.07) is 23.4. The number of nitrogens with zero attached hydrogens (tertiary/aromatic N) is 1. The molecule has 39 heavy (non-hydrogen) atoms. The Morgan fingerprint density at radius 2 is 1.23 bits per heavy atom. The fraction of sp³-hybridized carbons (Fsp3) is 0.290. The van der Waals surface area contributed by atoms with E-state index in [9.17, 15) is 19.2 Å². The molecule has 8 heteroatoms. The summed E-state index contributed by atoms with van der Waals surface area (Å²) in [4.78, 5) is 51.8. The van der Waals surface area contributed by atoms with Crippen LogP contribution in [0.5, 0.6) is 0 Å². The Balaban J connectivity index is 1.26. The molecular weight excluding hydrogens is 537 g/mol. The van der Waals surface area contributed by atoms with Gasteiger partial charge in [-0.05, 0) is 28.7 Å². The van der Waals surface area contributed by atoms with Gasteiger partial charge in [0.2, 0.25) is 17.6 Å². The van der Waals surface area contributed by atoms with Crippen molar-refractivity contribution in [3.05, 3.63) is 107 Å². The molecule has 0 unspecified atom stereocenters. The van der Waals surface area contributed by atoms with Crippen LogP contribution in [0.3, 0.4) is 0 Å². The lowest BCUT2D eigenvalue weighted by Gasteiger charge is -2.54. The highest BCUT2D eigenvalue weighted by molar-refractivity contribution is 6.36. The summed E-state index contributed by atoms with van der Waals surface area (Å²) in [6.07, 6.45) is -0.907. The monoisotopic (exact) mass is 561 g/mol. The van der Waals surface area contributed by atoms with Gasteiger partial charge in [-0.25, -0.2) is 0 Å². The van der Waals surface area contributed by atoms with Crippen LogP contribution < -0.4 is 0 Å². The second-order valence-corrected chi connectivity index (χ2v) is 11.4. The molecule has 0 N–H and O–H groups in total. The number of carbonyl (C=O) groups is 4. The van der Waals surface area contributed by atoms with Crippen LogP contribution in [0.25, 0.3) is 0 Å². The SMILES string of the molecule is CC[C@@H](OC(=O)CCN1C(=O)[C@@H]2[C@H](C1=O)C1(Cl)c3ccccc3C2(Cl)c2ccccc21)C(=O)c1ccccc1. The number of ether oxygens (including phenoxy) is 1. The third-order valence-corrected chi connectivity index (χ3v) is 9.50. The molecule has 0 radical (unpaired) electrons. The van der Waals surface area contributed by atoms with E-state index in [0.29, 0.717) is 34.2 Å². The van der Waals surface area contributed by atoms with E-state index in [1.807, 2.05) is 48.5 Å². The van der Waals surface area contributed by atoms with Crippen LogP contribution >= 0.6 is 23.2 Å². The number of esters is 1. The lowest BCUT2D eigenvalue weighted by molar-refractivity contribution is -0.148. The molecule has 3 aromatic rings. The lowest BCUT2D eigenvalue weighted by Crippen LogP contribution is -2.57. The standard InChI is InChI=1S/C31H25Cl2NO5/c1-2-23(27(36)18-10-4-3-5-11-18)39-24(35)16-17-34-28(37)25-26(29(34)38)31(33)20-13-7-6-12-19(20)30(25,32)21-14-8-9-15-22(21)31/h3-15,23,25-26H,2,16-17H2,1H3/t23-,25-,26+,30?,31?/m1/s1. The molecule has 0 aromatic heterocycles. The first-order valence-electron chi connectivity index (χ1n) is 13.0. The molecule has 1 saturated heterocycles. The zero-order valence-electron chi connectivity index (χ0n) is 21.1. The largest absolute Gasteiger partial charge is 0.454 e. The Labute approximate surface area is 235 Å². The second kappa shape index (κ2) is 9.32. The summed E-state index contributed by atoms with van der Waals surface area (Å²) in [5, 5.41) is 0. The zero-order chi connectivity index (χ0) is 27.5. The van der Waals surface area contributed by atoms with E-state index in [1.54, 1.807) is 37.3 Å². The zero-order valence-corrected chi connectivity index (χ0v) is 22.6. The second-order valence-electron chi connectivity index (χ2n) is 10.2. The third kappa shape index (κ3) is 3.54. The van der Waals surface area contributed by atoms with Gasteiger partial charge < -0.3 is 4.74 Å². The van der Waals surface area contributed by atoms with Gasteiger partial charge in [0, 0.05) is 12.1 Å². The smallest absolute Gasteiger partial charge is 0.308 e.